The van der Waals surface area contributed by atoms with Gasteiger partial charge in [0.05, 0.1) is 18.4 Å². The van der Waals surface area contributed by atoms with Crippen LogP contribution in [-0.4, -0.2) is 35.3 Å². The fourth-order valence-corrected chi connectivity index (χ4v) is 3.44. The molecular weight excluding hydrogens is 447 g/mol. The fourth-order valence-electron chi connectivity index (χ4n) is 3.44. The molecule has 11 heteroatoms. The van der Waals surface area contributed by atoms with E-state index in [-0.39, 0.29) is 22.9 Å². The summed E-state index contributed by atoms with van der Waals surface area (Å²) in [6, 6.07) is 16.0. The van der Waals surface area contributed by atoms with E-state index in [0.29, 0.717) is 12.1 Å². The lowest BCUT2D eigenvalue weighted by molar-refractivity contribution is 0.102. The van der Waals surface area contributed by atoms with Crippen molar-refractivity contribution < 1.29 is 18.0 Å². The van der Waals surface area contributed by atoms with Gasteiger partial charge in [0.25, 0.3) is 12.3 Å². The third-order valence-electron chi connectivity index (χ3n) is 5.06. The summed E-state index contributed by atoms with van der Waals surface area (Å²) in [7, 11) is 0. The van der Waals surface area contributed by atoms with Crippen LogP contribution in [0.1, 0.15) is 28.0 Å². The Balaban J connectivity index is 1.45. The smallest absolute Gasteiger partial charge is 0.280 e. The topological polar surface area (TPSA) is 90.0 Å². The van der Waals surface area contributed by atoms with Crippen molar-refractivity contribution in [2.75, 3.05) is 5.32 Å². The van der Waals surface area contributed by atoms with Gasteiger partial charge in [-0.2, -0.15) is 5.10 Å². The summed E-state index contributed by atoms with van der Waals surface area (Å²) in [6.45, 7) is 0.459. The average Bonchev–Trinajstić information content (AvgIpc) is 3.46. The Hall–Kier alpha value is -4.54. The van der Waals surface area contributed by atoms with E-state index in [2.05, 4.69) is 25.5 Å². The van der Waals surface area contributed by atoms with Gasteiger partial charge in [-0.1, -0.05) is 30.3 Å². The third kappa shape index (κ3) is 4.22. The minimum absolute atomic E-state index is 0.0368. The number of carbonyl (C=O) groups excluding carboxylic acids is 1. The van der Waals surface area contributed by atoms with Gasteiger partial charge in [0.15, 0.2) is 5.65 Å². The molecule has 3 heterocycles. The lowest BCUT2D eigenvalue weighted by Gasteiger charge is -2.08. The number of halogens is 3. The lowest BCUT2D eigenvalue weighted by Crippen LogP contribution is -2.14. The summed E-state index contributed by atoms with van der Waals surface area (Å²) < 4.78 is 43.2. The molecule has 34 heavy (non-hydrogen) atoms. The van der Waals surface area contributed by atoms with E-state index in [4.69, 9.17) is 0 Å². The van der Waals surface area contributed by atoms with Crippen LogP contribution in [-0.2, 0) is 6.54 Å². The molecule has 0 saturated carbocycles. The molecule has 0 atom stereocenters. The molecule has 0 aliphatic carbocycles. The van der Waals surface area contributed by atoms with Gasteiger partial charge in [-0.25, -0.2) is 32.3 Å². The molecule has 0 fully saturated rings. The number of benzene rings is 2. The van der Waals surface area contributed by atoms with Gasteiger partial charge < -0.3 is 0 Å². The molecule has 0 unspecified atom stereocenters. The molecule has 2 aromatic carbocycles. The van der Waals surface area contributed by atoms with Gasteiger partial charge in [0.1, 0.15) is 23.4 Å². The van der Waals surface area contributed by atoms with E-state index in [1.54, 1.807) is 4.68 Å². The summed E-state index contributed by atoms with van der Waals surface area (Å²) in [6.07, 6.45) is -0.256. The predicted molar refractivity (Wildman–Crippen MR) is 117 cm³/mol. The molecular formula is C23H16F3N7O. The SMILES string of the molecule is O=C(Nc1ncn(Cc2ccccc2)n1)c1cnn2c(C(F)F)cc(-c3ccc(F)cc3)nc12. The maximum Gasteiger partial charge on any atom is 0.280 e. The Morgan fingerprint density at radius 3 is 2.56 bits per heavy atom. The quantitative estimate of drug-likeness (QED) is 0.404. The zero-order valence-electron chi connectivity index (χ0n) is 17.4. The molecule has 0 saturated heterocycles. The van der Waals surface area contributed by atoms with E-state index in [1.165, 1.54) is 30.6 Å². The Labute approximate surface area is 190 Å². The maximum absolute atomic E-state index is 13.7. The van der Waals surface area contributed by atoms with E-state index in [9.17, 15) is 18.0 Å². The number of alkyl halides is 2. The highest BCUT2D eigenvalue weighted by Gasteiger charge is 2.22. The Kier molecular flexibility index (Phi) is 5.50. The second-order valence-corrected chi connectivity index (χ2v) is 7.37. The monoisotopic (exact) mass is 463 g/mol. The second-order valence-electron chi connectivity index (χ2n) is 7.37. The van der Waals surface area contributed by atoms with Crippen LogP contribution in [0.15, 0.2) is 73.2 Å². The first-order chi connectivity index (χ1) is 16.5. The highest BCUT2D eigenvalue weighted by molar-refractivity contribution is 6.07. The van der Waals surface area contributed by atoms with Gasteiger partial charge in [-0.05, 0) is 35.9 Å². The molecule has 170 valence electrons. The number of carbonyl (C=O) groups is 1. The molecule has 1 amide bonds. The fraction of sp³-hybridized carbons (Fsp3) is 0.0870. The van der Waals surface area contributed by atoms with Crippen LogP contribution in [0.3, 0.4) is 0 Å². The first-order valence-electron chi connectivity index (χ1n) is 10.2. The number of aromatic nitrogens is 6. The molecule has 1 N–H and O–H groups in total. The van der Waals surface area contributed by atoms with Crippen LogP contribution in [0, 0.1) is 5.82 Å². The summed E-state index contributed by atoms with van der Waals surface area (Å²) in [5.74, 6) is -1.08. The van der Waals surface area contributed by atoms with Crippen molar-refractivity contribution in [3.05, 3.63) is 95.8 Å². The Morgan fingerprint density at radius 2 is 1.82 bits per heavy atom. The number of nitrogens with zero attached hydrogens (tertiary/aromatic N) is 6. The van der Waals surface area contributed by atoms with Crippen molar-refractivity contribution in [2.24, 2.45) is 0 Å². The van der Waals surface area contributed by atoms with Gasteiger partial charge in [-0.15, -0.1) is 5.10 Å². The minimum Gasteiger partial charge on any atom is -0.289 e. The first kappa shape index (κ1) is 21.3. The summed E-state index contributed by atoms with van der Waals surface area (Å²) >= 11 is 0. The van der Waals surface area contributed by atoms with Crippen molar-refractivity contribution in [3.63, 3.8) is 0 Å². The highest BCUT2D eigenvalue weighted by Crippen LogP contribution is 2.27. The van der Waals surface area contributed by atoms with Crippen molar-refractivity contribution in [3.8, 4) is 11.3 Å². The van der Waals surface area contributed by atoms with Crippen LogP contribution in [0.4, 0.5) is 19.1 Å². The highest BCUT2D eigenvalue weighted by atomic mass is 19.3. The molecule has 0 radical (unpaired) electrons. The molecule has 0 aliphatic heterocycles. The summed E-state index contributed by atoms with van der Waals surface area (Å²) in [5.41, 5.74) is 1.02. The maximum atomic E-state index is 13.7. The number of amides is 1. The number of hydrogen-bond donors (Lipinski definition) is 1. The second kappa shape index (κ2) is 8.77. The first-order valence-corrected chi connectivity index (χ1v) is 10.2. The van der Waals surface area contributed by atoms with Crippen LogP contribution in [0.25, 0.3) is 16.9 Å². The van der Waals surface area contributed by atoms with Crippen molar-refractivity contribution in [1.82, 2.24) is 29.4 Å². The Bertz CT molecular complexity index is 1460. The number of hydrogen-bond acceptors (Lipinski definition) is 5. The molecule has 5 aromatic rings. The van der Waals surface area contributed by atoms with Crippen molar-refractivity contribution in [1.29, 1.82) is 0 Å². The zero-order valence-corrected chi connectivity index (χ0v) is 17.4. The van der Waals surface area contributed by atoms with Gasteiger partial charge in [0, 0.05) is 5.56 Å². The van der Waals surface area contributed by atoms with E-state index in [0.717, 1.165) is 22.3 Å². The standard InChI is InChI=1S/C23H16F3N7O/c24-16-8-6-15(7-9-16)18-10-19(20(25)26)33-21(29-18)17(11-28-33)22(34)30-23-27-13-32(31-23)12-14-4-2-1-3-5-14/h1-11,13,20H,12H2,(H,30,31,34). The van der Waals surface area contributed by atoms with Crippen LogP contribution >= 0.6 is 0 Å². The van der Waals surface area contributed by atoms with E-state index >= 15 is 0 Å². The third-order valence-corrected chi connectivity index (χ3v) is 5.06. The summed E-state index contributed by atoms with van der Waals surface area (Å²) in [4.78, 5) is 21.3. The van der Waals surface area contributed by atoms with E-state index < -0.39 is 23.8 Å². The molecule has 3 aromatic heterocycles. The van der Waals surface area contributed by atoms with Gasteiger partial charge >= 0.3 is 0 Å². The van der Waals surface area contributed by atoms with Crippen LogP contribution < -0.4 is 5.32 Å². The zero-order chi connectivity index (χ0) is 23.7. The van der Waals surface area contributed by atoms with Gasteiger partial charge in [-0.3, -0.25) is 10.1 Å². The van der Waals surface area contributed by atoms with Crippen molar-refractivity contribution in [2.45, 2.75) is 13.0 Å². The number of fused-ring (bicyclic) bond motifs is 1. The summed E-state index contributed by atoms with van der Waals surface area (Å²) in [5, 5.41) is 10.7. The van der Waals surface area contributed by atoms with Crippen molar-refractivity contribution >= 4 is 17.5 Å². The Morgan fingerprint density at radius 1 is 1.06 bits per heavy atom. The molecule has 0 bridgehead atoms. The van der Waals surface area contributed by atoms with Gasteiger partial charge in [0.2, 0.25) is 5.95 Å². The largest absolute Gasteiger partial charge is 0.289 e. The number of anilines is 1. The normalized spacial score (nSPS) is 11.3. The average molecular weight is 463 g/mol. The predicted octanol–water partition coefficient (Wildman–Crippen LogP) is 4.37. The van der Waals surface area contributed by atoms with Crippen LogP contribution in [0.2, 0.25) is 0 Å². The molecule has 0 spiro atoms. The molecule has 5 rings (SSSR count). The lowest BCUT2D eigenvalue weighted by atomic mass is 10.1. The number of nitrogens with one attached hydrogen (secondary N) is 1. The number of rotatable bonds is 6. The molecule has 8 nitrogen and oxygen atoms in total. The molecule has 0 aliphatic rings. The van der Waals surface area contributed by atoms with E-state index in [1.807, 2.05) is 30.3 Å². The van der Waals surface area contributed by atoms with Crippen LogP contribution in [0.5, 0.6) is 0 Å². The minimum atomic E-state index is -2.88.